The van der Waals surface area contributed by atoms with Crippen LogP contribution < -0.4 is 10.1 Å². The van der Waals surface area contributed by atoms with E-state index in [1.807, 2.05) is 13.0 Å². The SMILES string of the molecule is CCCc1nnc(NC(=O)/C(C#N)=C\c2ccc(O)c(OCC)c2)s1. The van der Waals surface area contributed by atoms with Crippen LogP contribution in [-0.2, 0) is 11.2 Å². The molecule has 25 heavy (non-hydrogen) atoms. The minimum absolute atomic E-state index is 0.000673. The number of aromatic hydroxyl groups is 1. The van der Waals surface area contributed by atoms with Crippen molar-refractivity contribution < 1.29 is 14.6 Å². The lowest BCUT2D eigenvalue weighted by atomic mass is 10.1. The van der Waals surface area contributed by atoms with E-state index in [-0.39, 0.29) is 11.3 Å². The maximum absolute atomic E-state index is 12.2. The number of anilines is 1. The summed E-state index contributed by atoms with van der Waals surface area (Å²) in [7, 11) is 0. The van der Waals surface area contributed by atoms with E-state index < -0.39 is 5.91 Å². The van der Waals surface area contributed by atoms with Crippen molar-refractivity contribution in [3.05, 3.63) is 34.3 Å². The smallest absolute Gasteiger partial charge is 0.268 e. The average Bonchev–Trinajstić information content (AvgIpc) is 3.03. The van der Waals surface area contributed by atoms with Gasteiger partial charge in [0.2, 0.25) is 5.13 Å². The number of phenolic OH excluding ortho intramolecular Hbond substituents is 1. The van der Waals surface area contributed by atoms with Gasteiger partial charge in [-0.25, -0.2) is 0 Å². The Morgan fingerprint density at radius 3 is 2.92 bits per heavy atom. The molecule has 8 heteroatoms. The molecular formula is C17H18N4O3S. The maximum Gasteiger partial charge on any atom is 0.268 e. The van der Waals surface area contributed by atoms with Gasteiger partial charge in [0.1, 0.15) is 16.6 Å². The highest BCUT2D eigenvalue weighted by Gasteiger charge is 2.13. The molecule has 0 spiro atoms. The molecule has 0 aliphatic rings. The zero-order chi connectivity index (χ0) is 18.2. The minimum atomic E-state index is -0.562. The van der Waals surface area contributed by atoms with E-state index in [1.165, 1.54) is 23.5 Å². The predicted molar refractivity (Wildman–Crippen MR) is 95.4 cm³/mol. The summed E-state index contributed by atoms with van der Waals surface area (Å²) in [4.78, 5) is 12.2. The Hall–Kier alpha value is -2.92. The minimum Gasteiger partial charge on any atom is -0.504 e. The lowest BCUT2D eigenvalue weighted by molar-refractivity contribution is -0.112. The van der Waals surface area contributed by atoms with Crippen LogP contribution in [0.3, 0.4) is 0 Å². The van der Waals surface area contributed by atoms with Gasteiger partial charge in [0, 0.05) is 6.42 Å². The fourth-order valence-electron chi connectivity index (χ4n) is 1.99. The number of nitrogens with zero attached hydrogens (tertiary/aromatic N) is 3. The number of carbonyl (C=O) groups excluding carboxylic acids is 1. The second-order valence-electron chi connectivity index (χ2n) is 5.04. The van der Waals surface area contributed by atoms with E-state index in [4.69, 9.17) is 4.74 Å². The summed E-state index contributed by atoms with van der Waals surface area (Å²) in [6.45, 7) is 4.22. The van der Waals surface area contributed by atoms with Crippen LogP contribution in [0.2, 0.25) is 0 Å². The summed E-state index contributed by atoms with van der Waals surface area (Å²) in [5.41, 5.74) is 0.484. The van der Waals surface area contributed by atoms with Crippen molar-refractivity contribution >= 4 is 28.5 Å². The molecule has 1 heterocycles. The van der Waals surface area contributed by atoms with E-state index in [1.54, 1.807) is 19.1 Å². The second kappa shape index (κ2) is 8.80. The van der Waals surface area contributed by atoms with E-state index in [0.29, 0.717) is 23.1 Å². The molecule has 1 amide bonds. The van der Waals surface area contributed by atoms with Crippen LogP contribution in [0.25, 0.3) is 6.08 Å². The van der Waals surface area contributed by atoms with Gasteiger partial charge in [-0.3, -0.25) is 10.1 Å². The molecule has 0 saturated carbocycles. The molecule has 7 nitrogen and oxygen atoms in total. The Bertz CT molecular complexity index is 824. The van der Waals surface area contributed by atoms with Gasteiger partial charge in [-0.05, 0) is 37.1 Å². The van der Waals surface area contributed by atoms with Crippen molar-refractivity contribution in [2.24, 2.45) is 0 Å². The van der Waals surface area contributed by atoms with E-state index >= 15 is 0 Å². The molecule has 0 aliphatic heterocycles. The first kappa shape index (κ1) is 18.4. The quantitative estimate of drug-likeness (QED) is 0.581. The van der Waals surface area contributed by atoms with Gasteiger partial charge >= 0.3 is 0 Å². The maximum atomic E-state index is 12.2. The molecule has 0 saturated heterocycles. The molecule has 2 N–H and O–H groups in total. The van der Waals surface area contributed by atoms with Crippen molar-refractivity contribution in [3.63, 3.8) is 0 Å². The zero-order valence-electron chi connectivity index (χ0n) is 13.9. The van der Waals surface area contributed by atoms with Crippen LogP contribution >= 0.6 is 11.3 Å². The summed E-state index contributed by atoms with van der Waals surface area (Å²) < 4.78 is 5.30. The van der Waals surface area contributed by atoms with Gasteiger partial charge < -0.3 is 9.84 Å². The van der Waals surface area contributed by atoms with E-state index in [2.05, 4.69) is 15.5 Å². The third-order valence-corrected chi connectivity index (χ3v) is 4.01. The molecule has 2 rings (SSSR count). The molecule has 0 atom stereocenters. The number of nitriles is 1. The molecule has 0 bridgehead atoms. The van der Waals surface area contributed by atoms with Crippen LogP contribution in [0.5, 0.6) is 11.5 Å². The molecule has 2 aromatic rings. The van der Waals surface area contributed by atoms with Gasteiger partial charge in [0.05, 0.1) is 6.61 Å². The number of ether oxygens (including phenoxy) is 1. The summed E-state index contributed by atoms with van der Waals surface area (Å²) in [5, 5.41) is 30.6. The Balaban J connectivity index is 2.17. The first-order valence-electron chi connectivity index (χ1n) is 7.78. The van der Waals surface area contributed by atoms with Crippen LogP contribution in [0.4, 0.5) is 5.13 Å². The number of hydrogen-bond donors (Lipinski definition) is 2. The summed E-state index contributed by atoms with van der Waals surface area (Å²) in [6, 6.07) is 6.47. The molecule has 1 aromatic carbocycles. The van der Waals surface area contributed by atoms with Crippen molar-refractivity contribution in [2.75, 3.05) is 11.9 Å². The number of carbonyl (C=O) groups is 1. The first-order valence-corrected chi connectivity index (χ1v) is 8.60. The number of aromatic nitrogens is 2. The highest BCUT2D eigenvalue weighted by molar-refractivity contribution is 7.15. The van der Waals surface area contributed by atoms with Crippen LogP contribution in [0.15, 0.2) is 23.8 Å². The third kappa shape index (κ3) is 5.02. The van der Waals surface area contributed by atoms with Gasteiger partial charge in [0.25, 0.3) is 5.91 Å². The number of rotatable bonds is 7. The highest BCUT2D eigenvalue weighted by atomic mass is 32.1. The van der Waals surface area contributed by atoms with Crippen molar-refractivity contribution in [2.45, 2.75) is 26.7 Å². The first-order chi connectivity index (χ1) is 12.1. The number of phenols is 1. The van der Waals surface area contributed by atoms with Crippen molar-refractivity contribution in [3.8, 4) is 17.6 Å². The standard InChI is InChI=1S/C17H18N4O3S/c1-3-5-15-20-21-17(25-15)19-16(23)12(10-18)8-11-6-7-13(22)14(9-11)24-4-2/h6-9,22H,3-5H2,1-2H3,(H,19,21,23)/b12-8-. The summed E-state index contributed by atoms with van der Waals surface area (Å²) >= 11 is 1.29. The van der Waals surface area contributed by atoms with Crippen LogP contribution in [-0.4, -0.2) is 27.8 Å². The highest BCUT2D eigenvalue weighted by Crippen LogP contribution is 2.28. The van der Waals surface area contributed by atoms with Gasteiger partial charge in [-0.1, -0.05) is 24.3 Å². The normalized spacial score (nSPS) is 11.0. The number of nitrogens with one attached hydrogen (secondary N) is 1. The Labute approximate surface area is 149 Å². The lowest BCUT2D eigenvalue weighted by Gasteiger charge is -2.06. The summed E-state index contributed by atoms with van der Waals surface area (Å²) in [6.07, 6.45) is 3.16. The monoisotopic (exact) mass is 358 g/mol. The zero-order valence-corrected chi connectivity index (χ0v) is 14.8. The Morgan fingerprint density at radius 1 is 1.44 bits per heavy atom. The van der Waals surface area contributed by atoms with Gasteiger partial charge in [-0.2, -0.15) is 5.26 Å². The van der Waals surface area contributed by atoms with Gasteiger partial charge in [0.15, 0.2) is 11.5 Å². The molecule has 0 radical (unpaired) electrons. The fraction of sp³-hybridized carbons (Fsp3) is 0.294. The molecule has 1 aromatic heterocycles. The third-order valence-electron chi connectivity index (χ3n) is 3.11. The molecule has 0 aliphatic carbocycles. The number of benzene rings is 1. The van der Waals surface area contributed by atoms with Gasteiger partial charge in [-0.15, -0.1) is 10.2 Å². The van der Waals surface area contributed by atoms with Crippen LogP contribution in [0, 0.1) is 11.3 Å². The largest absolute Gasteiger partial charge is 0.504 e. The van der Waals surface area contributed by atoms with Crippen molar-refractivity contribution in [1.29, 1.82) is 5.26 Å². The number of aryl methyl sites for hydroxylation is 1. The topological polar surface area (TPSA) is 108 Å². The Morgan fingerprint density at radius 2 is 2.24 bits per heavy atom. The average molecular weight is 358 g/mol. The number of hydrogen-bond acceptors (Lipinski definition) is 7. The Kier molecular flexibility index (Phi) is 6.48. The van der Waals surface area contributed by atoms with Crippen molar-refractivity contribution in [1.82, 2.24) is 10.2 Å². The number of amides is 1. The fourth-order valence-corrected chi connectivity index (χ4v) is 2.83. The summed E-state index contributed by atoms with van der Waals surface area (Å²) in [5.74, 6) is -0.269. The van der Waals surface area contributed by atoms with Crippen LogP contribution in [0.1, 0.15) is 30.8 Å². The second-order valence-corrected chi connectivity index (χ2v) is 6.10. The molecule has 130 valence electrons. The van der Waals surface area contributed by atoms with E-state index in [9.17, 15) is 15.2 Å². The lowest BCUT2D eigenvalue weighted by Crippen LogP contribution is -2.13. The van der Waals surface area contributed by atoms with E-state index in [0.717, 1.165) is 17.8 Å². The molecule has 0 unspecified atom stereocenters. The molecular weight excluding hydrogens is 340 g/mol. The predicted octanol–water partition coefficient (Wildman–Crippen LogP) is 3.14. The molecule has 0 fully saturated rings.